The van der Waals surface area contributed by atoms with Crippen LogP contribution in [-0.2, 0) is 4.74 Å². The molecule has 2 heterocycles. The minimum atomic E-state index is 0.217. The van der Waals surface area contributed by atoms with Gasteiger partial charge in [0.15, 0.2) is 0 Å². The first-order valence-electron chi connectivity index (χ1n) is 9.52. The third kappa shape index (κ3) is 4.40. The second-order valence-electron chi connectivity index (χ2n) is 6.67. The number of para-hydroxylation sites is 2. The van der Waals surface area contributed by atoms with Crippen molar-refractivity contribution < 1.29 is 9.47 Å². The highest BCUT2D eigenvalue weighted by Crippen LogP contribution is 2.28. The number of anilines is 3. The van der Waals surface area contributed by atoms with E-state index < -0.39 is 0 Å². The van der Waals surface area contributed by atoms with E-state index in [2.05, 4.69) is 15.6 Å². The van der Waals surface area contributed by atoms with Crippen LogP contribution in [0.1, 0.15) is 12.8 Å². The van der Waals surface area contributed by atoms with Crippen molar-refractivity contribution in [2.45, 2.75) is 18.9 Å². The molecule has 28 heavy (non-hydrogen) atoms. The molecule has 1 aromatic heterocycles. The van der Waals surface area contributed by atoms with Crippen molar-refractivity contribution in [3.8, 4) is 17.0 Å². The van der Waals surface area contributed by atoms with Crippen molar-refractivity contribution in [1.82, 2.24) is 9.97 Å². The van der Waals surface area contributed by atoms with Gasteiger partial charge >= 0.3 is 0 Å². The Bertz CT molecular complexity index is 911. The molecular formula is C22H24N4O2. The summed E-state index contributed by atoms with van der Waals surface area (Å²) in [6.07, 6.45) is 2.39. The van der Waals surface area contributed by atoms with Gasteiger partial charge in [-0.25, -0.2) is 4.98 Å². The van der Waals surface area contributed by atoms with E-state index in [1.54, 1.807) is 7.11 Å². The second-order valence-corrected chi connectivity index (χ2v) is 6.67. The molecule has 6 nitrogen and oxygen atoms in total. The van der Waals surface area contributed by atoms with Gasteiger partial charge in [0.1, 0.15) is 11.6 Å². The van der Waals surface area contributed by atoms with Crippen LogP contribution in [-0.4, -0.2) is 36.3 Å². The molecule has 4 rings (SSSR count). The van der Waals surface area contributed by atoms with E-state index in [9.17, 15) is 0 Å². The van der Waals surface area contributed by atoms with Crippen molar-refractivity contribution >= 4 is 17.5 Å². The number of methoxy groups -OCH3 is 1. The Balaban J connectivity index is 1.63. The van der Waals surface area contributed by atoms with Crippen molar-refractivity contribution in [1.29, 1.82) is 0 Å². The predicted octanol–water partition coefficient (Wildman–Crippen LogP) is 4.49. The Kier molecular flexibility index (Phi) is 5.68. The summed E-state index contributed by atoms with van der Waals surface area (Å²) in [4.78, 5) is 9.35. The number of nitrogens with zero attached hydrogens (tertiary/aromatic N) is 2. The van der Waals surface area contributed by atoms with Gasteiger partial charge in [-0.05, 0) is 25.0 Å². The number of nitrogens with one attached hydrogen (secondary N) is 2. The first-order chi connectivity index (χ1) is 13.8. The van der Waals surface area contributed by atoms with Gasteiger partial charge in [-0.2, -0.15) is 4.98 Å². The first-order valence-corrected chi connectivity index (χ1v) is 9.52. The Morgan fingerprint density at radius 2 is 1.89 bits per heavy atom. The molecule has 0 amide bonds. The Labute approximate surface area is 164 Å². The highest BCUT2D eigenvalue weighted by molar-refractivity contribution is 5.69. The predicted molar refractivity (Wildman–Crippen MR) is 111 cm³/mol. The largest absolute Gasteiger partial charge is 0.495 e. The SMILES string of the molecule is COc1ccccc1Nc1cc(-c2ccccc2)nc(NCC2CCCO2)n1. The molecule has 1 aliphatic heterocycles. The lowest BCUT2D eigenvalue weighted by molar-refractivity contribution is 0.120. The van der Waals surface area contributed by atoms with Crippen LogP contribution >= 0.6 is 0 Å². The van der Waals surface area contributed by atoms with Crippen LogP contribution in [0.5, 0.6) is 5.75 Å². The lowest BCUT2D eigenvalue weighted by Crippen LogP contribution is -2.20. The van der Waals surface area contributed by atoms with Crippen molar-refractivity contribution in [3.63, 3.8) is 0 Å². The summed E-state index contributed by atoms with van der Waals surface area (Å²) >= 11 is 0. The average molecular weight is 376 g/mol. The third-order valence-corrected chi connectivity index (χ3v) is 4.68. The highest BCUT2D eigenvalue weighted by Gasteiger charge is 2.16. The first kappa shape index (κ1) is 18.3. The van der Waals surface area contributed by atoms with Crippen LogP contribution in [0.25, 0.3) is 11.3 Å². The summed E-state index contributed by atoms with van der Waals surface area (Å²) in [6, 6.07) is 19.8. The molecule has 1 fully saturated rings. The standard InChI is InChI=1S/C22H24N4O2/c1-27-20-12-6-5-11-18(20)24-21-14-19(16-8-3-2-4-9-16)25-22(26-21)23-15-17-10-7-13-28-17/h2-6,8-9,11-12,14,17H,7,10,13,15H2,1H3,(H2,23,24,25,26). The zero-order valence-corrected chi connectivity index (χ0v) is 15.9. The minimum Gasteiger partial charge on any atom is -0.495 e. The van der Waals surface area contributed by atoms with Gasteiger partial charge in [-0.15, -0.1) is 0 Å². The summed E-state index contributed by atoms with van der Waals surface area (Å²) in [6.45, 7) is 1.53. The number of aromatic nitrogens is 2. The van der Waals surface area contributed by atoms with Gasteiger partial charge in [-0.1, -0.05) is 42.5 Å². The van der Waals surface area contributed by atoms with Crippen molar-refractivity contribution in [2.75, 3.05) is 30.9 Å². The van der Waals surface area contributed by atoms with Crippen LogP contribution in [0.15, 0.2) is 60.7 Å². The molecule has 3 aromatic rings. The molecule has 1 saturated heterocycles. The Hall–Kier alpha value is -3.12. The van der Waals surface area contributed by atoms with E-state index in [-0.39, 0.29) is 6.10 Å². The zero-order valence-electron chi connectivity index (χ0n) is 15.9. The van der Waals surface area contributed by atoms with Crippen molar-refractivity contribution in [2.24, 2.45) is 0 Å². The summed E-state index contributed by atoms with van der Waals surface area (Å²) in [5.41, 5.74) is 2.74. The lowest BCUT2D eigenvalue weighted by atomic mass is 10.1. The molecule has 0 radical (unpaired) electrons. The third-order valence-electron chi connectivity index (χ3n) is 4.68. The number of benzene rings is 2. The normalized spacial score (nSPS) is 16.0. The van der Waals surface area contributed by atoms with Gasteiger partial charge in [0, 0.05) is 24.8 Å². The Morgan fingerprint density at radius 1 is 1.07 bits per heavy atom. The van der Waals surface area contributed by atoms with Crippen molar-refractivity contribution in [3.05, 3.63) is 60.7 Å². The summed E-state index contributed by atoms with van der Waals surface area (Å²) in [5.74, 6) is 2.04. The van der Waals surface area contributed by atoms with E-state index in [1.807, 2.05) is 60.7 Å². The fraction of sp³-hybridized carbons (Fsp3) is 0.273. The molecule has 2 N–H and O–H groups in total. The maximum atomic E-state index is 5.70. The van der Waals surface area contributed by atoms with Crippen LogP contribution < -0.4 is 15.4 Å². The molecular weight excluding hydrogens is 352 g/mol. The highest BCUT2D eigenvalue weighted by atomic mass is 16.5. The smallest absolute Gasteiger partial charge is 0.225 e. The minimum absolute atomic E-state index is 0.217. The zero-order chi connectivity index (χ0) is 19.2. The van der Waals surface area contributed by atoms with Gasteiger partial charge < -0.3 is 20.1 Å². The fourth-order valence-corrected chi connectivity index (χ4v) is 3.24. The molecule has 0 bridgehead atoms. The van der Waals surface area contributed by atoms with Crippen LogP contribution in [0.2, 0.25) is 0 Å². The van der Waals surface area contributed by atoms with E-state index in [1.165, 1.54) is 0 Å². The van der Waals surface area contributed by atoms with Gasteiger partial charge in [-0.3, -0.25) is 0 Å². The molecule has 0 saturated carbocycles. The van der Waals surface area contributed by atoms with Gasteiger partial charge in [0.05, 0.1) is 24.6 Å². The monoisotopic (exact) mass is 376 g/mol. The van der Waals surface area contributed by atoms with Gasteiger partial charge in [0.25, 0.3) is 0 Å². The van der Waals surface area contributed by atoms with Crippen LogP contribution in [0.3, 0.4) is 0 Å². The van der Waals surface area contributed by atoms with E-state index >= 15 is 0 Å². The number of ether oxygens (including phenoxy) is 2. The van der Waals surface area contributed by atoms with E-state index in [4.69, 9.17) is 14.5 Å². The van der Waals surface area contributed by atoms with Gasteiger partial charge in [0.2, 0.25) is 5.95 Å². The number of hydrogen-bond donors (Lipinski definition) is 2. The van der Waals surface area contributed by atoms with E-state index in [0.717, 1.165) is 42.1 Å². The van der Waals surface area contributed by atoms with Crippen LogP contribution in [0, 0.1) is 0 Å². The molecule has 2 aromatic carbocycles. The molecule has 6 heteroatoms. The molecule has 1 aliphatic rings. The van der Waals surface area contributed by atoms with E-state index in [0.29, 0.717) is 18.3 Å². The number of rotatable bonds is 7. The average Bonchev–Trinajstić information content (AvgIpc) is 3.27. The molecule has 1 atom stereocenters. The maximum Gasteiger partial charge on any atom is 0.225 e. The van der Waals surface area contributed by atoms with Crippen LogP contribution in [0.4, 0.5) is 17.5 Å². The fourth-order valence-electron chi connectivity index (χ4n) is 3.24. The second kappa shape index (κ2) is 8.71. The topological polar surface area (TPSA) is 68.3 Å². The summed E-state index contributed by atoms with van der Waals surface area (Å²) in [7, 11) is 1.66. The summed E-state index contributed by atoms with van der Waals surface area (Å²) < 4.78 is 11.1. The number of hydrogen-bond acceptors (Lipinski definition) is 6. The molecule has 1 unspecified atom stereocenters. The molecule has 0 aliphatic carbocycles. The quantitative estimate of drug-likeness (QED) is 0.633. The summed E-state index contributed by atoms with van der Waals surface area (Å²) in [5, 5.41) is 6.69. The lowest BCUT2D eigenvalue weighted by Gasteiger charge is -2.15. The maximum absolute atomic E-state index is 5.70. The molecule has 0 spiro atoms. The molecule has 144 valence electrons. The Morgan fingerprint density at radius 3 is 2.68 bits per heavy atom.